The molecular formula is C19H18NO2. The molecule has 0 saturated heterocycles. The number of fused-ring (bicyclic) bond motifs is 2. The molecule has 2 aromatic carbocycles. The molecule has 3 aromatic rings. The molecule has 0 spiro atoms. The van der Waals surface area contributed by atoms with Gasteiger partial charge in [0.25, 0.3) is 0 Å². The van der Waals surface area contributed by atoms with Crippen molar-refractivity contribution in [1.82, 2.24) is 4.98 Å². The third-order valence-electron chi connectivity index (χ3n) is 4.25. The van der Waals surface area contributed by atoms with Gasteiger partial charge in [0.2, 0.25) is 0 Å². The Hall–Kier alpha value is -2.42. The molecule has 0 bridgehead atoms. The first-order valence-electron chi connectivity index (χ1n) is 7.61. The van der Waals surface area contributed by atoms with E-state index in [1.54, 1.807) is 0 Å². The number of rotatable bonds is 3. The smallest absolute Gasteiger partial charge is 0.161 e. The van der Waals surface area contributed by atoms with Crippen molar-refractivity contribution in [3.05, 3.63) is 66.7 Å². The molecule has 0 saturated carbocycles. The second-order valence-corrected chi connectivity index (χ2v) is 5.53. The average Bonchev–Trinajstić information content (AvgIpc) is 3.00. The topological polar surface area (TPSA) is 34.2 Å². The fourth-order valence-corrected chi connectivity index (χ4v) is 3.16. The highest BCUT2D eigenvalue weighted by molar-refractivity contribution is 5.84. The van der Waals surface area contributed by atoms with Gasteiger partial charge >= 0.3 is 0 Å². The second kappa shape index (κ2) is 5.41. The highest BCUT2D eigenvalue weighted by Crippen LogP contribution is 2.38. The predicted octanol–water partition coefficient (Wildman–Crippen LogP) is 4.30. The molecule has 0 amide bonds. The number of H-pyrrole nitrogens is 1. The lowest BCUT2D eigenvalue weighted by Crippen LogP contribution is -2.15. The van der Waals surface area contributed by atoms with Crippen LogP contribution in [-0.2, 0) is 0 Å². The lowest BCUT2D eigenvalue weighted by molar-refractivity contribution is 0.171. The Morgan fingerprint density at radius 2 is 1.86 bits per heavy atom. The quantitative estimate of drug-likeness (QED) is 0.781. The van der Waals surface area contributed by atoms with Gasteiger partial charge in [-0.1, -0.05) is 31.2 Å². The average molecular weight is 292 g/mol. The Morgan fingerprint density at radius 3 is 2.73 bits per heavy atom. The van der Waals surface area contributed by atoms with Crippen molar-refractivity contribution in [2.24, 2.45) is 0 Å². The molecule has 1 radical (unpaired) electrons. The van der Waals surface area contributed by atoms with Gasteiger partial charge in [0.15, 0.2) is 11.5 Å². The maximum absolute atomic E-state index is 5.71. The van der Waals surface area contributed by atoms with Crippen molar-refractivity contribution in [2.45, 2.75) is 12.3 Å². The molecule has 1 unspecified atom stereocenters. The molecule has 1 N–H and O–H groups in total. The predicted molar refractivity (Wildman–Crippen MR) is 87.5 cm³/mol. The van der Waals surface area contributed by atoms with Crippen LogP contribution in [0.25, 0.3) is 10.9 Å². The van der Waals surface area contributed by atoms with Crippen molar-refractivity contribution in [1.29, 1.82) is 0 Å². The fourth-order valence-electron chi connectivity index (χ4n) is 3.16. The summed E-state index contributed by atoms with van der Waals surface area (Å²) in [5.74, 6) is 1.91. The Labute approximate surface area is 129 Å². The van der Waals surface area contributed by atoms with Gasteiger partial charge in [-0.2, -0.15) is 0 Å². The van der Waals surface area contributed by atoms with E-state index in [1.165, 1.54) is 16.5 Å². The van der Waals surface area contributed by atoms with Crippen molar-refractivity contribution < 1.29 is 9.47 Å². The van der Waals surface area contributed by atoms with E-state index in [9.17, 15) is 0 Å². The van der Waals surface area contributed by atoms with Gasteiger partial charge in [-0.15, -0.1) is 0 Å². The zero-order valence-electron chi connectivity index (χ0n) is 12.3. The first-order chi connectivity index (χ1) is 10.9. The van der Waals surface area contributed by atoms with Gasteiger partial charge in [-0.3, -0.25) is 0 Å². The van der Waals surface area contributed by atoms with E-state index in [0.29, 0.717) is 13.2 Å². The number of para-hydroxylation sites is 1. The van der Waals surface area contributed by atoms with Crippen LogP contribution in [0.5, 0.6) is 11.5 Å². The van der Waals surface area contributed by atoms with Crippen LogP contribution in [0.4, 0.5) is 0 Å². The summed E-state index contributed by atoms with van der Waals surface area (Å²) in [6.07, 6.45) is 2.89. The summed E-state index contributed by atoms with van der Waals surface area (Å²) in [6.45, 7) is 5.38. The third-order valence-corrected chi connectivity index (χ3v) is 4.25. The molecule has 22 heavy (non-hydrogen) atoms. The minimum absolute atomic E-state index is 0.243. The largest absolute Gasteiger partial charge is 0.486 e. The highest BCUT2D eigenvalue weighted by Gasteiger charge is 2.19. The fraction of sp³-hybridized carbons (Fsp3) is 0.211. The van der Waals surface area contributed by atoms with Gasteiger partial charge in [-0.25, -0.2) is 0 Å². The molecule has 0 fully saturated rings. The number of benzene rings is 2. The number of ether oxygens (including phenoxy) is 2. The second-order valence-electron chi connectivity index (χ2n) is 5.53. The molecule has 4 rings (SSSR count). The van der Waals surface area contributed by atoms with Crippen LogP contribution in [0.1, 0.15) is 23.5 Å². The molecule has 1 atom stereocenters. The SMILES string of the molecule is [CH2]CC(c1ccc2c(c1)OCCO2)c1c[nH]c2ccccc12. The molecule has 3 nitrogen and oxygen atoms in total. The number of aromatic amines is 1. The van der Waals surface area contributed by atoms with Crippen LogP contribution in [0.3, 0.4) is 0 Å². The zero-order chi connectivity index (χ0) is 14.9. The van der Waals surface area contributed by atoms with E-state index >= 15 is 0 Å². The highest BCUT2D eigenvalue weighted by atomic mass is 16.6. The Kier molecular flexibility index (Phi) is 3.26. The summed E-state index contributed by atoms with van der Waals surface area (Å²) >= 11 is 0. The summed E-state index contributed by atoms with van der Waals surface area (Å²) in [6, 6.07) is 14.6. The number of aromatic nitrogens is 1. The number of hydrogen-bond donors (Lipinski definition) is 1. The lowest BCUT2D eigenvalue weighted by Gasteiger charge is -2.21. The molecule has 1 aliphatic rings. The standard InChI is InChI=1S/C19H18NO2/c1-2-14(16-12-20-17-6-4-3-5-15(16)17)13-7-8-18-19(11-13)22-10-9-21-18/h3-8,11-12,14,20H,1-2,9-10H2. The van der Waals surface area contributed by atoms with E-state index in [-0.39, 0.29) is 5.92 Å². The van der Waals surface area contributed by atoms with Crippen molar-refractivity contribution >= 4 is 10.9 Å². The van der Waals surface area contributed by atoms with Crippen LogP contribution in [0.2, 0.25) is 0 Å². The first kappa shape index (κ1) is 13.3. The molecule has 0 aliphatic carbocycles. The van der Waals surface area contributed by atoms with Gasteiger partial charge in [0.05, 0.1) is 0 Å². The Morgan fingerprint density at radius 1 is 1.05 bits per heavy atom. The van der Waals surface area contributed by atoms with Crippen molar-refractivity contribution in [3.63, 3.8) is 0 Å². The molecule has 1 aliphatic heterocycles. The summed E-state index contributed by atoms with van der Waals surface area (Å²) in [4.78, 5) is 3.35. The third kappa shape index (κ3) is 2.13. The van der Waals surface area contributed by atoms with Gasteiger partial charge in [0, 0.05) is 23.0 Å². The Bertz CT molecular complexity index is 806. The molecular weight excluding hydrogens is 274 g/mol. The summed E-state index contributed by atoms with van der Waals surface area (Å²) < 4.78 is 11.3. The summed E-state index contributed by atoms with van der Waals surface area (Å²) in [7, 11) is 0. The first-order valence-corrected chi connectivity index (χ1v) is 7.61. The van der Waals surface area contributed by atoms with Crippen molar-refractivity contribution in [3.8, 4) is 11.5 Å². The Balaban J connectivity index is 1.78. The van der Waals surface area contributed by atoms with E-state index < -0.39 is 0 Å². The monoisotopic (exact) mass is 292 g/mol. The van der Waals surface area contributed by atoms with Crippen molar-refractivity contribution in [2.75, 3.05) is 13.2 Å². The molecule has 111 valence electrons. The zero-order valence-corrected chi connectivity index (χ0v) is 12.3. The van der Waals surface area contributed by atoms with E-state index in [4.69, 9.17) is 9.47 Å². The lowest BCUT2D eigenvalue weighted by atomic mass is 9.88. The number of nitrogens with one attached hydrogen (secondary N) is 1. The van der Waals surface area contributed by atoms with Crippen LogP contribution >= 0.6 is 0 Å². The summed E-state index contributed by atoms with van der Waals surface area (Å²) in [5, 5.41) is 1.26. The maximum Gasteiger partial charge on any atom is 0.161 e. The minimum Gasteiger partial charge on any atom is -0.486 e. The molecule has 2 heterocycles. The molecule has 3 heteroatoms. The summed E-state index contributed by atoms with van der Waals surface area (Å²) in [5.41, 5.74) is 3.65. The van der Waals surface area contributed by atoms with Crippen LogP contribution in [-0.4, -0.2) is 18.2 Å². The van der Waals surface area contributed by atoms with Gasteiger partial charge in [0.1, 0.15) is 13.2 Å². The van der Waals surface area contributed by atoms with E-state index in [2.05, 4.69) is 48.4 Å². The normalized spacial score (nSPS) is 15.0. The maximum atomic E-state index is 5.71. The van der Waals surface area contributed by atoms with Gasteiger partial charge in [-0.05, 0) is 35.7 Å². The van der Waals surface area contributed by atoms with Gasteiger partial charge < -0.3 is 14.5 Å². The van der Waals surface area contributed by atoms with E-state index in [1.807, 2.05) is 12.1 Å². The molecule has 1 aromatic heterocycles. The minimum atomic E-state index is 0.243. The van der Waals surface area contributed by atoms with Crippen LogP contribution < -0.4 is 9.47 Å². The van der Waals surface area contributed by atoms with Crippen LogP contribution in [0, 0.1) is 6.92 Å². The van der Waals surface area contributed by atoms with E-state index in [0.717, 1.165) is 23.4 Å². The van der Waals surface area contributed by atoms with Crippen LogP contribution in [0.15, 0.2) is 48.7 Å². The number of hydrogen-bond acceptors (Lipinski definition) is 2.